The number of carbonyl (C=O) groups is 1. The lowest BCUT2D eigenvalue weighted by atomic mass is 9.97. The van der Waals surface area contributed by atoms with E-state index in [0.717, 1.165) is 5.56 Å². The molecule has 0 saturated carbocycles. The number of halogens is 1. The SMILES string of the molecule is COc1cc(C)c(C(=O)c2ccc(Cl)cc2N)cc1OC. The number of anilines is 1. The summed E-state index contributed by atoms with van der Waals surface area (Å²) in [6, 6.07) is 8.24. The van der Waals surface area contributed by atoms with Crippen molar-refractivity contribution < 1.29 is 14.3 Å². The highest BCUT2D eigenvalue weighted by Crippen LogP contribution is 2.32. The first-order valence-electron chi connectivity index (χ1n) is 6.30. The third-order valence-electron chi connectivity index (χ3n) is 3.23. The first-order valence-corrected chi connectivity index (χ1v) is 6.68. The van der Waals surface area contributed by atoms with Gasteiger partial charge in [0.05, 0.1) is 14.2 Å². The van der Waals surface area contributed by atoms with Crippen molar-refractivity contribution in [2.45, 2.75) is 6.92 Å². The van der Waals surface area contributed by atoms with E-state index in [0.29, 0.717) is 33.3 Å². The number of rotatable bonds is 4. The van der Waals surface area contributed by atoms with Crippen molar-refractivity contribution in [2.75, 3.05) is 20.0 Å². The minimum absolute atomic E-state index is 0.178. The molecule has 2 N–H and O–H groups in total. The van der Waals surface area contributed by atoms with Gasteiger partial charge in [-0.05, 0) is 42.8 Å². The van der Waals surface area contributed by atoms with Crippen LogP contribution in [0.1, 0.15) is 21.5 Å². The predicted molar refractivity (Wildman–Crippen MR) is 83.6 cm³/mol. The molecule has 110 valence electrons. The lowest BCUT2D eigenvalue weighted by Crippen LogP contribution is -2.08. The van der Waals surface area contributed by atoms with Gasteiger partial charge in [0.15, 0.2) is 17.3 Å². The summed E-state index contributed by atoms with van der Waals surface area (Å²) in [5.74, 6) is 0.900. The molecule has 0 aliphatic heterocycles. The highest BCUT2D eigenvalue weighted by atomic mass is 35.5. The molecular formula is C16H16ClNO3. The Morgan fingerprint density at radius 1 is 1.05 bits per heavy atom. The van der Waals surface area contributed by atoms with E-state index in [2.05, 4.69) is 0 Å². The van der Waals surface area contributed by atoms with Gasteiger partial charge >= 0.3 is 0 Å². The molecule has 0 unspecified atom stereocenters. The molecule has 0 fully saturated rings. The number of carbonyl (C=O) groups excluding carboxylic acids is 1. The Morgan fingerprint density at radius 2 is 1.67 bits per heavy atom. The number of nitrogens with two attached hydrogens (primary N) is 1. The summed E-state index contributed by atoms with van der Waals surface area (Å²) in [4.78, 5) is 12.6. The van der Waals surface area contributed by atoms with Crippen LogP contribution in [-0.4, -0.2) is 20.0 Å². The van der Waals surface area contributed by atoms with Gasteiger partial charge in [0.2, 0.25) is 0 Å². The fraction of sp³-hybridized carbons (Fsp3) is 0.188. The molecule has 2 aromatic rings. The van der Waals surface area contributed by atoms with Crippen LogP contribution in [0.3, 0.4) is 0 Å². The summed E-state index contributed by atoms with van der Waals surface area (Å²) in [6.45, 7) is 1.83. The van der Waals surface area contributed by atoms with Crippen molar-refractivity contribution in [2.24, 2.45) is 0 Å². The second kappa shape index (κ2) is 6.06. The van der Waals surface area contributed by atoms with E-state index >= 15 is 0 Å². The van der Waals surface area contributed by atoms with Crippen LogP contribution in [0.25, 0.3) is 0 Å². The number of ether oxygens (including phenoxy) is 2. The first-order chi connectivity index (χ1) is 9.97. The molecule has 0 bridgehead atoms. The Hall–Kier alpha value is -2.20. The molecule has 5 heteroatoms. The average molecular weight is 306 g/mol. The lowest BCUT2D eigenvalue weighted by Gasteiger charge is -2.13. The van der Waals surface area contributed by atoms with Crippen molar-refractivity contribution in [1.82, 2.24) is 0 Å². The number of aryl methyl sites for hydroxylation is 1. The molecule has 0 radical (unpaired) electrons. The molecule has 0 heterocycles. The molecule has 0 amide bonds. The monoisotopic (exact) mass is 305 g/mol. The summed E-state index contributed by atoms with van der Waals surface area (Å²) in [7, 11) is 3.08. The Labute approximate surface area is 128 Å². The molecule has 0 aliphatic rings. The van der Waals surface area contributed by atoms with Gasteiger partial charge in [0.1, 0.15) is 0 Å². The molecule has 0 atom stereocenters. The zero-order valence-electron chi connectivity index (χ0n) is 12.1. The van der Waals surface area contributed by atoms with Crippen LogP contribution in [-0.2, 0) is 0 Å². The van der Waals surface area contributed by atoms with Crippen LogP contribution in [0.15, 0.2) is 30.3 Å². The quantitative estimate of drug-likeness (QED) is 0.694. The van der Waals surface area contributed by atoms with Gasteiger partial charge in [0.25, 0.3) is 0 Å². The molecule has 2 aromatic carbocycles. The van der Waals surface area contributed by atoms with E-state index in [1.54, 1.807) is 37.4 Å². The highest BCUT2D eigenvalue weighted by molar-refractivity contribution is 6.31. The van der Waals surface area contributed by atoms with Crippen LogP contribution in [0.5, 0.6) is 11.5 Å². The smallest absolute Gasteiger partial charge is 0.195 e. The number of hydrogen-bond donors (Lipinski definition) is 1. The van der Waals surface area contributed by atoms with Crippen molar-refractivity contribution in [1.29, 1.82) is 0 Å². The van der Waals surface area contributed by atoms with E-state index in [1.165, 1.54) is 7.11 Å². The number of methoxy groups -OCH3 is 2. The van der Waals surface area contributed by atoms with E-state index in [4.69, 9.17) is 26.8 Å². The molecule has 0 saturated heterocycles. The Bertz CT molecular complexity index is 698. The zero-order chi connectivity index (χ0) is 15.6. The summed E-state index contributed by atoms with van der Waals surface area (Å²) < 4.78 is 10.5. The molecule has 21 heavy (non-hydrogen) atoms. The topological polar surface area (TPSA) is 61.5 Å². The Morgan fingerprint density at radius 3 is 2.24 bits per heavy atom. The molecular weight excluding hydrogens is 290 g/mol. The molecule has 0 aromatic heterocycles. The van der Waals surface area contributed by atoms with E-state index in [-0.39, 0.29) is 5.78 Å². The van der Waals surface area contributed by atoms with Crippen molar-refractivity contribution in [3.63, 3.8) is 0 Å². The van der Waals surface area contributed by atoms with Crippen LogP contribution < -0.4 is 15.2 Å². The van der Waals surface area contributed by atoms with Crippen LogP contribution in [0, 0.1) is 6.92 Å². The minimum atomic E-state index is -0.178. The molecule has 4 nitrogen and oxygen atoms in total. The number of ketones is 1. The fourth-order valence-electron chi connectivity index (χ4n) is 2.11. The van der Waals surface area contributed by atoms with Gasteiger partial charge in [-0.3, -0.25) is 4.79 Å². The summed E-state index contributed by atoms with van der Waals surface area (Å²) >= 11 is 5.86. The third kappa shape index (κ3) is 2.95. The van der Waals surface area contributed by atoms with Gasteiger partial charge in [-0.2, -0.15) is 0 Å². The normalized spacial score (nSPS) is 10.3. The van der Waals surface area contributed by atoms with Crippen LogP contribution in [0.4, 0.5) is 5.69 Å². The summed E-state index contributed by atoms with van der Waals surface area (Å²) in [5.41, 5.74) is 7.94. The largest absolute Gasteiger partial charge is 0.493 e. The maximum absolute atomic E-state index is 12.6. The zero-order valence-corrected chi connectivity index (χ0v) is 12.8. The highest BCUT2D eigenvalue weighted by Gasteiger charge is 2.18. The van der Waals surface area contributed by atoms with Crippen molar-refractivity contribution >= 4 is 23.1 Å². The van der Waals surface area contributed by atoms with Crippen molar-refractivity contribution in [3.8, 4) is 11.5 Å². The standard InChI is InChI=1S/C16H16ClNO3/c1-9-6-14(20-2)15(21-3)8-12(9)16(19)11-5-4-10(17)7-13(11)18/h4-8H,18H2,1-3H3. The van der Waals surface area contributed by atoms with E-state index in [1.807, 2.05) is 6.92 Å². The molecule has 2 rings (SSSR count). The minimum Gasteiger partial charge on any atom is -0.493 e. The fourth-order valence-corrected chi connectivity index (χ4v) is 2.29. The van der Waals surface area contributed by atoms with E-state index < -0.39 is 0 Å². The molecule has 0 aliphatic carbocycles. The first kappa shape index (κ1) is 15.2. The number of hydrogen-bond acceptors (Lipinski definition) is 4. The lowest BCUT2D eigenvalue weighted by molar-refractivity contribution is 0.103. The van der Waals surface area contributed by atoms with Gasteiger partial charge in [-0.1, -0.05) is 11.6 Å². The summed E-state index contributed by atoms with van der Waals surface area (Å²) in [5, 5.41) is 0.494. The second-order valence-corrected chi connectivity index (χ2v) is 5.02. The van der Waals surface area contributed by atoms with Crippen LogP contribution >= 0.6 is 11.6 Å². The maximum atomic E-state index is 12.6. The van der Waals surface area contributed by atoms with Gasteiger partial charge in [0, 0.05) is 21.8 Å². The number of benzene rings is 2. The Kier molecular flexibility index (Phi) is 4.38. The average Bonchev–Trinajstić information content (AvgIpc) is 2.46. The molecule has 0 spiro atoms. The number of nitrogen functional groups attached to an aromatic ring is 1. The summed E-state index contributed by atoms with van der Waals surface area (Å²) in [6.07, 6.45) is 0. The Balaban J connectivity index is 2.53. The van der Waals surface area contributed by atoms with Crippen LogP contribution in [0.2, 0.25) is 5.02 Å². The van der Waals surface area contributed by atoms with Gasteiger partial charge in [-0.15, -0.1) is 0 Å². The van der Waals surface area contributed by atoms with E-state index in [9.17, 15) is 4.79 Å². The van der Waals surface area contributed by atoms with Crippen molar-refractivity contribution in [3.05, 3.63) is 52.0 Å². The van der Waals surface area contributed by atoms with Gasteiger partial charge in [-0.25, -0.2) is 0 Å². The predicted octanol–water partition coefficient (Wildman–Crippen LogP) is 3.48. The third-order valence-corrected chi connectivity index (χ3v) is 3.47. The van der Waals surface area contributed by atoms with Gasteiger partial charge < -0.3 is 15.2 Å². The maximum Gasteiger partial charge on any atom is 0.195 e. The second-order valence-electron chi connectivity index (χ2n) is 4.58.